The molecule has 1 aromatic heterocycles. The average molecular weight is 433 g/mol. The maximum Gasteiger partial charge on any atom is 0.387 e. The number of fused-ring (bicyclic) bond motifs is 1. The molecule has 164 valence electrons. The van der Waals surface area contributed by atoms with Crippen LogP contribution < -0.4 is 26.0 Å². The number of rotatable bonds is 9. The number of para-hydroxylation sites is 1. The lowest BCUT2D eigenvalue weighted by Crippen LogP contribution is -2.33. The van der Waals surface area contributed by atoms with E-state index in [9.17, 15) is 23.2 Å². The summed E-state index contributed by atoms with van der Waals surface area (Å²) in [6.45, 7) is -2.62. The van der Waals surface area contributed by atoms with Crippen LogP contribution in [0.5, 0.6) is 11.5 Å². The van der Waals surface area contributed by atoms with Crippen LogP contribution in [0.25, 0.3) is 10.9 Å². The van der Waals surface area contributed by atoms with Gasteiger partial charge in [-0.05, 0) is 36.2 Å². The molecule has 0 unspecified atom stereocenters. The Bertz CT molecular complexity index is 1190. The molecule has 3 aromatic rings. The minimum absolute atomic E-state index is 0.0261. The van der Waals surface area contributed by atoms with Gasteiger partial charge in [0.2, 0.25) is 5.91 Å². The van der Waals surface area contributed by atoms with Gasteiger partial charge in [0.1, 0.15) is 0 Å². The van der Waals surface area contributed by atoms with Gasteiger partial charge in [0, 0.05) is 19.5 Å². The second kappa shape index (κ2) is 9.88. The number of alkyl halides is 2. The van der Waals surface area contributed by atoms with Gasteiger partial charge in [-0.1, -0.05) is 18.2 Å². The molecule has 31 heavy (non-hydrogen) atoms. The zero-order valence-corrected chi connectivity index (χ0v) is 16.7. The number of carbonyl (C=O) groups is 1. The van der Waals surface area contributed by atoms with E-state index in [0.29, 0.717) is 22.9 Å². The van der Waals surface area contributed by atoms with E-state index in [-0.39, 0.29) is 36.9 Å². The molecule has 2 N–H and O–H groups in total. The SMILES string of the molecule is COc1ccc(CCNC(=O)CCn2c(=O)[nH]c(=O)c3ccccc32)cc1OC(F)F. The molecule has 0 radical (unpaired) electrons. The van der Waals surface area contributed by atoms with Crippen LogP contribution in [0.4, 0.5) is 8.78 Å². The Balaban J connectivity index is 1.58. The summed E-state index contributed by atoms with van der Waals surface area (Å²) in [5, 5.41) is 3.09. The van der Waals surface area contributed by atoms with E-state index >= 15 is 0 Å². The summed E-state index contributed by atoms with van der Waals surface area (Å²) < 4.78 is 35.8. The highest BCUT2D eigenvalue weighted by Crippen LogP contribution is 2.29. The molecule has 0 saturated heterocycles. The van der Waals surface area contributed by atoms with E-state index < -0.39 is 17.9 Å². The van der Waals surface area contributed by atoms with Gasteiger partial charge in [-0.3, -0.25) is 19.1 Å². The fourth-order valence-electron chi connectivity index (χ4n) is 3.18. The van der Waals surface area contributed by atoms with Crippen molar-refractivity contribution in [1.82, 2.24) is 14.9 Å². The van der Waals surface area contributed by atoms with Gasteiger partial charge in [0.25, 0.3) is 5.56 Å². The Morgan fingerprint density at radius 1 is 1.16 bits per heavy atom. The van der Waals surface area contributed by atoms with Crippen molar-refractivity contribution in [3.63, 3.8) is 0 Å². The largest absolute Gasteiger partial charge is 0.493 e. The number of aryl methyl sites for hydroxylation is 1. The van der Waals surface area contributed by atoms with Crippen molar-refractivity contribution in [1.29, 1.82) is 0 Å². The van der Waals surface area contributed by atoms with Crippen LogP contribution in [-0.4, -0.2) is 35.7 Å². The summed E-state index contributed by atoms with van der Waals surface area (Å²) in [5.41, 5.74) is 0.0747. The van der Waals surface area contributed by atoms with Gasteiger partial charge in [0.15, 0.2) is 11.5 Å². The molecule has 0 fully saturated rings. The second-order valence-corrected chi connectivity index (χ2v) is 6.64. The summed E-state index contributed by atoms with van der Waals surface area (Å²) >= 11 is 0. The van der Waals surface area contributed by atoms with E-state index in [1.807, 2.05) is 0 Å². The topological polar surface area (TPSA) is 102 Å². The summed E-state index contributed by atoms with van der Waals surface area (Å²) in [6, 6.07) is 11.3. The Labute approximate surface area is 175 Å². The van der Waals surface area contributed by atoms with E-state index in [4.69, 9.17) is 4.74 Å². The smallest absolute Gasteiger partial charge is 0.387 e. The van der Waals surface area contributed by atoms with E-state index in [1.165, 1.54) is 23.8 Å². The molecular formula is C21H21F2N3O5. The number of ether oxygens (including phenoxy) is 2. The first-order valence-corrected chi connectivity index (χ1v) is 9.49. The van der Waals surface area contributed by atoms with Crippen molar-refractivity contribution >= 4 is 16.8 Å². The highest BCUT2D eigenvalue weighted by Gasteiger charge is 2.12. The quantitative estimate of drug-likeness (QED) is 0.538. The first kappa shape index (κ1) is 22.0. The van der Waals surface area contributed by atoms with Crippen LogP contribution in [-0.2, 0) is 17.8 Å². The van der Waals surface area contributed by atoms with Crippen LogP contribution in [0.2, 0.25) is 0 Å². The number of amides is 1. The predicted molar refractivity (Wildman–Crippen MR) is 110 cm³/mol. The number of aromatic nitrogens is 2. The predicted octanol–water partition coefficient (Wildman–Crippen LogP) is 2.05. The Hall–Kier alpha value is -3.69. The van der Waals surface area contributed by atoms with Gasteiger partial charge in [0.05, 0.1) is 18.0 Å². The maximum absolute atomic E-state index is 12.5. The van der Waals surface area contributed by atoms with Crippen LogP contribution in [0.15, 0.2) is 52.1 Å². The molecule has 1 amide bonds. The number of nitrogens with one attached hydrogen (secondary N) is 2. The third kappa shape index (κ3) is 5.47. The number of carbonyl (C=O) groups excluding carboxylic acids is 1. The molecule has 0 bridgehead atoms. The number of methoxy groups -OCH3 is 1. The first-order chi connectivity index (χ1) is 14.9. The summed E-state index contributed by atoms with van der Waals surface area (Å²) in [4.78, 5) is 38.4. The summed E-state index contributed by atoms with van der Waals surface area (Å²) in [6.07, 6.45) is 0.412. The zero-order valence-electron chi connectivity index (χ0n) is 16.7. The molecule has 0 saturated carbocycles. The second-order valence-electron chi connectivity index (χ2n) is 6.64. The molecule has 2 aromatic carbocycles. The number of H-pyrrole nitrogens is 1. The number of aromatic amines is 1. The Morgan fingerprint density at radius 3 is 2.68 bits per heavy atom. The van der Waals surface area contributed by atoms with E-state index in [2.05, 4.69) is 15.0 Å². The molecule has 0 spiro atoms. The number of hydrogen-bond donors (Lipinski definition) is 2. The minimum Gasteiger partial charge on any atom is -0.493 e. The van der Waals surface area contributed by atoms with Crippen molar-refractivity contribution in [2.45, 2.75) is 26.0 Å². The lowest BCUT2D eigenvalue weighted by molar-refractivity contribution is -0.121. The van der Waals surface area contributed by atoms with Gasteiger partial charge < -0.3 is 14.8 Å². The molecule has 8 nitrogen and oxygen atoms in total. The zero-order chi connectivity index (χ0) is 22.4. The fraction of sp³-hybridized carbons (Fsp3) is 0.286. The van der Waals surface area contributed by atoms with E-state index in [0.717, 1.165) is 0 Å². The van der Waals surface area contributed by atoms with Crippen LogP contribution in [0, 0.1) is 0 Å². The molecule has 0 aliphatic carbocycles. The van der Waals surface area contributed by atoms with Crippen molar-refractivity contribution in [2.24, 2.45) is 0 Å². The fourth-order valence-corrected chi connectivity index (χ4v) is 3.18. The van der Waals surface area contributed by atoms with Crippen LogP contribution in [0.3, 0.4) is 0 Å². The van der Waals surface area contributed by atoms with Gasteiger partial charge in [-0.15, -0.1) is 0 Å². The van der Waals surface area contributed by atoms with Gasteiger partial charge in [-0.25, -0.2) is 4.79 Å². The van der Waals surface area contributed by atoms with Crippen LogP contribution >= 0.6 is 0 Å². The van der Waals surface area contributed by atoms with Gasteiger partial charge >= 0.3 is 12.3 Å². The van der Waals surface area contributed by atoms with Crippen molar-refractivity contribution in [3.8, 4) is 11.5 Å². The Kier molecular flexibility index (Phi) is 7.01. The number of benzene rings is 2. The molecular weight excluding hydrogens is 412 g/mol. The monoisotopic (exact) mass is 433 g/mol. The van der Waals surface area contributed by atoms with Crippen molar-refractivity contribution in [3.05, 3.63) is 68.9 Å². The van der Waals surface area contributed by atoms with Crippen molar-refractivity contribution in [2.75, 3.05) is 13.7 Å². The lowest BCUT2D eigenvalue weighted by Gasteiger charge is -2.12. The lowest BCUT2D eigenvalue weighted by atomic mass is 10.1. The summed E-state index contributed by atoms with van der Waals surface area (Å²) in [5.74, 6) is -0.183. The Morgan fingerprint density at radius 2 is 1.94 bits per heavy atom. The third-order valence-corrected chi connectivity index (χ3v) is 4.65. The highest BCUT2D eigenvalue weighted by molar-refractivity contribution is 5.78. The number of nitrogens with zero attached hydrogens (tertiary/aromatic N) is 1. The molecule has 0 aliphatic heterocycles. The molecule has 10 heteroatoms. The minimum atomic E-state index is -2.98. The standard InChI is InChI=1S/C21H21F2N3O5/c1-30-16-7-6-13(12-17(16)31-20(22)23)8-10-24-18(27)9-11-26-15-5-3-2-4-14(15)19(28)25-21(26)29/h2-7,12,20H,8-11H2,1H3,(H,24,27)(H,25,28,29). The van der Waals surface area contributed by atoms with Gasteiger partial charge in [-0.2, -0.15) is 8.78 Å². The molecule has 1 heterocycles. The summed E-state index contributed by atoms with van der Waals surface area (Å²) in [7, 11) is 1.35. The number of halogens is 2. The maximum atomic E-state index is 12.5. The highest BCUT2D eigenvalue weighted by atomic mass is 19.3. The molecule has 0 aliphatic rings. The van der Waals surface area contributed by atoms with E-state index in [1.54, 1.807) is 30.3 Å². The third-order valence-electron chi connectivity index (χ3n) is 4.65. The number of hydrogen-bond acceptors (Lipinski definition) is 5. The molecule has 3 rings (SSSR count). The first-order valence-electron chi connectivity index (χ1n) is 9.49. The molecule has 0 atom stereocenters. The average Bonchev–Trinajstić information content (AvgIpc) is 2.73. The van der Waals surface area contributed by atoms with Crippen LogP contribution in [0.1, 0.15) is 12.0 Å². The normalized spacial score (nSPS) is 11.0. The van der Waals surface area contributed by atoms with Crippen molar-refractivity contribution < 1.29 is 23.0 Å².